The van der Waals surface area contributed by atoms with Crippen LogP contribution in [0.1, 0.15) is 12.8 Å². The second kappa shape index (κ2) is 5.15. The molecular weight excluding hydrogens is 238 g/mol. The highest BCUT2D eigenvalue weighted by Crippen LogP contribution is 2.33. The summed E-state index contributed by atoms with van der Waals surface area (Å²) in [6.07, 6.45) is 2.66. The Morgan fingerprint density at radius 3 is 2.71 bits per heavy atom. The number of para-hydroxylation sites is 2. The molecule has 1 aromatic rings. The highest BCUT2D eigenvalue weighted by molar-refractivity contribution is 5.85. The van der Waals surface area contributed by atoms with E-state index in [2.05, 4.69) is 11.9 Å². The summed E-state index contributed by atoms with van der Waals surface area (Å²) in [4.78, 5) is 2.38. The van der Waals surface area contributed by atoms with Crippen molar-refractivity contribution in [2.45, 2.75) is 25.0 Å². The number of likely N-dealkylation sites (tertiary alicyclic amines) is 1. The zero-order valence-electron chi connectivity index (χ0n) is 9.96. The number of likely N-dealkylation sites (N-methyl/N-ethyl adjacent to an activating group) is 1. The van der Waals surface area contributed by atoms with Gasteiger partial charge in [-0.15, -0.1) is 12.4 Å². The molecule has 2 unspecified atom stereocenters. The highest BCUT2D eigenvalue weighted by atomic mass is 35.5. The quantitative estimate of drug-likeness (QED) is 0.769. The van der Waals surface area contributed by atoms with Gasteiger partial charge in [0.25, 0.3) is 0 Å². The second-order valence-electron chi connectivity index (χ2n) is 4.60. The van der Waals surface area contributed by atoms with Crippen molar-refractivity contribution in [1.29, 1.82) is 0 Å². The fraction of sp³-hybridized carbons (Fsp3) is 0.538. The van der Waals surface area contributed by atoms with Crippen LogP contribution in [0.5, 0.6) is 11.5 Å². The summed E-state index contributed by atoms with van der Waals surface area (Å²) in [5, 5.41) is 0. The van der Waals surface area contributed by atoms with Gasteiger partial charge >= 0.3 is 0 Å². The summed E-state index contributed by atoms with van der Waals surface area (Å²) in [5.41, 5.74) is 0. The van der Waals surface area contributed by atoms with E-state index in [-0.39, 0.29) is 18.5 Å². The summed E-state index contributed by atoms with van der Waals surface area (Å²) in [7, 11) is 2.17. The monoisotopic (exact) mass is 255 g/mol. The Morgan fingerprint density at radius 1 is 1.24 bits per heavy atom. The minimum Gasteiger partial charge on any atom is -0.486 e. The maximum absolute atomic E-state index is 6.02. The van der Waals surface area contributed by atoms with Gasteiger partial charge < -0.3 is 9.47 Å². The molecule has 3 rings (SSSR count). The number of benzene rings is 1. The fourth-order valence-electron chi connectivity index (χ4n) is 2.63. The molecule has 94 valence electrons. The van der Waals surface area contributed by atoms with Gasteiger partial charge in [0.05, 0.1) is 0 Å². The van der Waals surface area contributed by atoms with E-state index in [4.69, 9.17) is 9.47 Å². The smallest absolute Gasteiger partial charge is 0.161 e. The van der Waals surface area contributed by atoms with Crippen LogP contribution >= 0.6 is 12.4 Å². The van der Waals surface area contributed by atoms with Gasteiger partial charge in [0.1, 0.15) is 12.7 Å². The molecule has 2 atom stereocenters. The van der Waals surface area contributed by atoms with Gasteiger partial charge in [-0.25, -0.2) is 0 Å². The number of fused-ring (bicyclic) bond motifs is 1. The lowest BCUT2D eigenvalue weighted by atomic mass is 10.1. The number of ether oxygens (including phenoxy) is 2. The van der Waals surface area contributed by atoms with Crippen molar-refractivity contribution in [1.82, 2.24) is 4.90 Å². The summed E-state index contributed by atoms with van der Waals surface area (Å²) in [6, 6.07) is 8.42. The maximum Gasteiger partial charge on any atom is 0.161 e. The van der Waals surface area contributed by atoms with Crippen molar-refractivity contribution < 1.29 is 9.47 Å². The highest BCUT2D eigenvalue weighted by Gasteiger charge is 2.34. The SMILES string of the molecule is CN1CCCC1C1COc2ccccc2O1.Cl. The molecule has 0 saturated carbocycles. The van der Waals surface area contributed by atoms with Gasteiger partial charge in [-0.05, 0) is 38.6 Å². The fourth-order valence-corrected chi connectivity index (χ4v) is 2.63. The Kier molecular flexibility index (Phi) is 3.79. The van der Waals surface area contributed by atoms with Crippen LogP contribution in [0, 0.1) is 0 Å². The first-order chi connectivity index (χ1) is 7.84. The topological polar surface area (TPSA) is 21.7 Å². The van der Waals surface area contributed by atoms with E-state index in [1.54, 1.807) is 0 Å². The summed E-state index contributed by atoms with van der Waals surface area (Å²) >= 11 is 0. The van der Waals surface area contributed by atoms with Crippen LogP contribution in [0.2, 0.25) is 0 Å². The largest absolute Gasteiger partial charge is 0.486 e. The van der Waals surface area contributed by atoms with Gasteiger partial charge in [-0.1, -0.05) is 12.1 Å². The minimum atomic E-state index is 0. The molecule has 2 aliphatic rings. The summed E-state index contributed by atoms with van der Waals surface area (Å²) in [5.74, 6) is 1.76. The Morgan fingerprint density at radius 2 is 2.00 bits per heavy atom. The Balaban J connectivity index is 0.00000108. The minimum absolute atomic E-state index is 0. The van der Waals surface area contributed by atoms with Crippen LogP contribution in [-0.2, 0) is 0 Å². The third kappa shape index (κ3) is 2.35. The van der Waals surface area contributed by atoms with E-state index >= 15 is 0 Å². The van der Waals surface area contributed by atoms with Crippen LogP contribution in [0.25, 0.3) is 0 Å². The van der Waals surface area contributed by atoms with E-state index in [9.17, 15) is 0 Å². The van der Waals surface area contributed by atoms with Crippen LogP contribution in [-0.4, -0.2) is 37.2 Å². The predicted octanol–water partition coefficient (Wildman–Crippen LogP) is 2.34. The van der Waals surface area contributed by atoms with Crippen LogP contribution in [0.15, 0.2) is 24.3 Å². The van der Waals surface area contributed by atoms with E-state index < -0.39 is 0 Å². The molecule has 0 spiro atoms. The van der Waals surface area contributed by atoms with Crippen LogP contribution in [0.4, 0.5) is 0 Å². The standard InChI is InChI=1S/C13H17NO2.ClH/c1-14-8-4-5-10(14)13-9-15-11-6-2-3-7-12(11)16-13;/h2-3,6-7,10,13H,4-5,8-9H2,1H3;1H. The van der Waals surface area contributed by atoms with Crippen molar-refractivity contribution >= 4 is 12.4 Å². The number of halogens is 1. The molecule has 2 heterocycles. The van der Waals surface area contributed by atoms with Crippen molar-refractivity contribution in [2.75, 3.05) is 20.2 Å². The van der Waals surface area contributed by atoms with Crippen LogP contribution in [0.3, 0.4) is 0 Å². The number of hydrogen-bond donors (Lipinski definition) is 0. The van der Waals surface area contributed by atoms with Crippen molar-refractivity contribution in [3.8, 4) is 11.5 Å². The molecule has 1 fully saturated rings. The number of hydrogen-bond acceptors (Lipinski definition) is 3. The molecule has 0 N–H and O–H groups in total. The molecule has 0 radical (unpaired) electrons. The van der Waals surface area contributed by atoms with Crippen molar-refractivity contribution in [2.24, 2.45) is 0 Å². The molecule has 1 aromatic carbocycles. The van der Waals surface area contributed by atoms with Gasteiger partial charge in [-0.2, -0.15) is 0 Å². The molecule has 17 heavy (non-hydrogen) atoms. The molecule has 1 saturated heterocycles. The molecular formula is C13H18ClNO2. The molecule has 2 aliphatic heterocycles. The average molecular weight is 256 g/mol. The molecule has 0 aromatic heterocycles. The normalized spacial score (nSPS) is 27.6. The average Bonchev–Trinajstić information content (AvgIpc) is 2.75. The first-order valence-electron chi connectivity index (χ1n) is 5.93. The molecule has 4 heteroatoms. The lowest BCUT2D eigenvalue weighted by Gasteiger charge is -2.33. The maximum atomic E-state index is 6.02. The van der Waals surface area contributed by atoms with Crippen molar-refractivity contribution in [3.63, 3.8) is 0 Å². The first kappa shape index (κ1) is 12.5. The zero-order chi connectivity index (χ0) is 11.0. The Hall–Kier alpha value is -0.930. The Labute approximate surface area is 108 Å². The van der Waals surface area contributed by atoms with E-state index in [0.29, 0.717) is 12.6 Å². The van der Waals surface area contributed by atoms with Crippen LogP contribution < -0.4 is 9.47 Å². The lowest BCUT2D eigenvalue weighted by molar-refractivity contribution is 0.0369. The van der Waals surface area contributed by atoms with Crippen molar-refractivity contribution in [3.05, 3.63) is 24.3 Å². The third-order valence-electron chi connectivity index (χ3n) is 3.54. The van der Waals surface area contributed by atoms with Gasteiger partial charge in [-0.3, -0.25) is 4.90 Å². The number of nitrogens with zero attached hydrogens (tertiary/aromatic N) is 1. The first-order valence-corrected chi connectivity index (χ1v) is 5.93. The molecule has 0 bridgehead atoms. The third-order valence-corrected chi connectivity index (χ3v) is 3.54. The van der Waals surface area contributed by atoms with E-state index in [0.717, 1.165) is 11.5 Å². The van der Waals surface area contributed by atoms with E-state index in [1.807, 2.05) is 24.3 Å². The Bertz CT molecular complexity index is 385. The lowest BCUT2D eigenvalue weighted by Crippen LogP contribution is -2.45. The summed E-state index contributed by atoms with van der Waals surface area (Å²) < 4.78 is 11.8. The molecule has 3 nitrogen and oxygen atoms in total. The summed E-state index contributed by atoms with van der Waals surface area (Å²) in [6.45, 7) is 1.85. The number of rotatable bonds is 1. The predicted molar refractivity (Wildman–Crippen MR) is 69.3 cm³/mol. The second-order valence-corrected chi connectivity index (χ2v) is 4.60. The molecule has 0 aliphatic carbocycles. The zero-order valence-corrected chi connectivity index (χ0v) is 10.8. The van der Waals surface area contributed by atoms with Gasteiger partial charge in [0, 0.05) is 6.04 Å². The van der Waals surface area contributed by atoms with Gasteiger partial charge in [0.2, 0.25) is 0 Å². The molecule has 0 amide bonds. The van der Waals surface area contributed by atoms with Gasteiger partial charge in [0.15, 0.2) is 11.5 Å². The van der Waals surface area contributed by atoms with E-state index in [1.165, 1.54) is 19.4 Å².